The number of aromatic nitrogens is 3. The molecule has 0 aliphatic carbocycles. The van der Waals surface area contributed by atoms with E-state index < -0.39 is 0 Å². The Kier molecular flexibility index (Phi) is 2.59. The predicted octanol–water partition coefficient (Wildman–Crippen LogP) is 1.93. The van der Waals surface area contributed by atoms with E-state index in [2.05, 4.69) is 41.5 Å². The van der Waals surface area contributed by atoms with Gasteiger partial charge in [-0.1, -0.05) is 13.8 Å². The molecule has 90 valence electrons. The first-order valence-electron chi connectivity index (χ1n) is 6.30. The summed E-state index contributed by atoms with van der Waals surface area (Å²) in [5.41, 5.74) is 3.36. The largest absolute Gasteiger partial charge is 0.316 e. The maximum absolute atomic E-state index is 4.65. The summed E-state index contributed by atoms with van der Waals surface area (Å²) in [4.78, 5) is 4.47. The molecule has 0 spiro atoms. The maximum Gasteiger partial charge on any atom is 0.155 e. The molecule has 2 aromatic rings. The molecule has 1 aliphatic heterocycles. The van der Waals surface area contributed by atoms with Crippen LogP contribution in [-0.4, -0.2) is 27.7 Å². The number of rotatable bonds is 2. The third kappa shape index (κ3) is 1.93. The van der Waals surface area contributed by atoms with Crippen LogP contribution in [-0.2, 0) is 0 Å². The molecule has 0 amide bonds. The maximum atomic E-state index is 4.65. The molecule has 4 nitrogen and oxygen atoms in total. The van der Waals surface area contributed by atoms with Crippen LogP contribution in [0.1, 0.15) is 43.4 Å². The lowest BCUT2D eigenvalue weighted by Gasteiger charge is -2.04. The molecule has 3 heterocycles. The lowest BCUT2D eigenvalue weighted by Crippen LogP contribution is -2.08. The van der Waals surface area contributed by atoms with Crippen molar-refractivity contribution < 1.29 is 0 Å². The monoisotopic (exact) mass is 230 g/mol. The Bertz CT molecular complexity index is 523. The molecule has 1 N–H and O–H groups in total. The van der Waals surface area contributed by atoms with Crippen molar-refractivity contribution in [3.8, 4) is 0 Å². The average molecular weight is 230 g/mol. The lowest BCUT2D eigenvalue weighted by molar-refractivity contribution is 0.714. The Morgan fingerprint density at radius 1 is 1.47 bits per heavy atom. The number of nitrogens with one attached hydrogen (secondary N) is 1. The molecular formula is C13H18N4. The summed E-state index contributed by atoms with van der Waals surface area (Å²) in [6.45, 7) is 6.49. The zero-order chi connectivity index (χ0) is 11.8. The quantitative estimate of drug-likeness (QED) is 0.857. The molecule has 4 heteroatoms. The molecule has 0 radical (unpaired) electrons. The summed E-state index contributed by atoms with van der Waals surface area (Å²) in [6.07, 6.45) is 5.23. The van der Waals surface area contributed by atoms with Gasteiger partial charge in [0.05, 0.1) is 5.69 Å². The van der Waals surface area contributed by atoms with Gasteiger partial charge in [-0.3, -0.25) is 0 Å². The number of fused-ring (bicyclic) bond motifs is 1. The van der Waals surface area contributed by atoms with Crippen LogP contribution in [0.25, 0.3) is 5.65 Å². The second-order valence-electron chi connectivity index (χ2n) is 5.10. The van der Waals surface area contributed by atoms with Gasteiger partial charge in [-0.05, 0) is 24.4 Å². The highest BCUT2D eigenvalue weighted by Crippen LogP contribution is 2.22. The normalized spacial score (nSPS) is 20.5. The molecule has 1 unspecified atom stereocenters. The fourth-order valence-corrected chi connectivity index (χ4v) is 2.31. The molecular weight excluding hydrogens is 212 g/mol. The van der Waals surface area contributed by atoms with Crippen LogP contribution in [0, 0.1) is 0 Å². The molecule has 17 heavy (non-hydrogen) atoms. The molecule has 3 rings (SSSR count). The topological polar surface area (TPSA) is 42.2 Å². The van der Waals surface area contributed by atoms with E-state index in [1.807, 2.05) is 10.7 Å². The van der Waals surface area contributed by atoms with E-state index in [0.29, 0.717) is 11.8 Å². The molecule has 1 aliphatic rings. The van der Waals surface area contributed by atoms with Crippen LogP contribution in [0.15, 0.2) is 18.5 Å². The predicted molar refractivity (Wildman–Crippen MR) is 67.3 cm³/mol. The minimum Gasteiger partial charge on any atom is -0.316 e. The van der Waals surface area contributed by atoms with Crippen LogP contribution in [0.2, 0.25) is 0 Å². The van der Waals surface area contributed by atoms with Crippen LogP contribution < -0.4 is 5.32 Å². The van der Waals surface area contributed by atoms with Gasteiger partial charge in [0.15, 0.2) is 5.65 Å². The van der Waals surface area contributed by atoms with Gasteiger partial charge in [-0.25, -0.2) is 9.50 Å². The zero-order valence-corrected chi connectivity index (χ0v) is 10.3. The standard InChI is InChI=1S/C13H18N4/c1-9(2)11-7-15-13-5-12(16-17(13)8-11)10-3-4-14-6-10/h5,7-10,14H,3-4,6H2,1-2H3. The first kappa shape index (κ1) is 10.7. The molecule has 1 saturated heterocycles. The minimum absolute atomic E-state index is 0.493. The highest BCUT2D eigenvalue weighted by Gasteiger charge is 2.19. The van der Waals surface area contributed by atoms with Crippen LogP contribution >= 0.6 is 0 Å². The van der Waals surface area contributed by atoms with E-state index in [4.69, 9.17) is 0 Å². The summed E-state index contributed by atoms with van der Waals surface area (Å²) in [5, 5.41) is 8.03. The van der Waals surface area contributed by atoms with E-state index in [1.165, 1.54) is 17.7 Å². The molecule has 0 bridgehead atoms. The molecule has 0 saturated carbocycles. The van der Waals surface area contributed by atoms with Crippen molar-refractivity contribution in [1.29, 1.82) is 0 Å². The second kappa shape index (κ2) is 4.11. The van der Waals surface area contributed by atoms with Gasteiger partial charge >= 0.3 is 0 Å². The van der Waals surface area contributed by atoms with E-state index in [9.17, 15) is 0 Å². The van der Waals surface area contributed by atoms with Crippen molar-refractivity contribution in [2.75, 3.05) is 13.1 Å². The first-order chi connectivity index (χ1) is 8.24. The summed E-state index contributed by atoms with van der Waals surface area (Å²) < 4.78 is 1.92. The van der Waals surface area contributed by atoms with E-state index >= 15 is 0 Å². The van der Waals surface area contributed by atoms with Crippen molar-refractivity contribution in [3.63, 3.8) is 0 Å². The molecule has 2 aromatic heterocycles. The summed E-state index contributed by atoms with van der Waals surface area (Å²) in [6, 6.07) is 2.11. The smallest absolute Gasteiger partial charge is 0.155 e. The molecule has 0 aromatic carbocycles. The molecule has 1 atom stereocenters. The van der Waals surface area contributed by atoms with E-state index in [0.717, 1.165) is 18.7 Å². The van der Waals surface area contributed by atoms with E-state index in [-0.39, 0.29) is 0 Å². The molecule has 1 fully saturated rings. The number of hydrogen-bond donors (Lipinski definition) is 1. The summed E-state index contributed by atoms with van der Waals surface area (Å²) in [7, 11) is 0. The van der Waals surface area contributed by atoms with Crippen molar-refractivity contribution in [2.45, 2.75) is 32.1 Å². The Hall–Kier alpha value is -1.42. The second-order valence-corrected chi connectivity index (χ2v) is 5.10. The lowest BCUT2D eigenvalue weighted by atomic mass is 10.1. The highest BCUT2D eigenvalue weighted by molar-refractivity contribution is 5.41. The minimum atomic E-state index is 0.493. The Morgan fingerprint density at radius 3 is 3.06 bits per heavy atom. The Morgan fingerprint density at radius 2 is 2.35 bits per heavy atom. The fraction of sp³-hybridized carbons (Fsp3) is 0.538. The fourth-order valence-electron chi connectivity index (χ4n) is 2.31. The van der Waals surface area contributed by atoms with Gasteiger partial charge < -0.3 is 5.32 Å². The van der Waals surface area contributed by atoms with Gasteiger partial charge in [-0.2, -0.15) is 5.10 Å². The highest BCUT2D eigenvalue weighted by atomic mass is 15.2. The summed E-state index contributed by atoms with van der Waals surface area (Å²) >= 11 is 0. The van der Waals surface area contributed by atoms with Gasteiger partial charge in [0.25, 0.3) is 0 Å². The van der Waals surface area contributed by atoms with Crippen molar-refractivity contribution in [3.05, 3.63) is 29.7 Å². The van der Waals surface area contributed by atoms with Gasteiger partial charge in [0.2, 0.25) is 0 Å². The Labute approximate surface area is 101 Å². The summed E-state index contributed by atoms with van der Waals surface area (Å²) in [5.74, 6) is 1.05. The number of nitrogens with zero attached hydrogens (tertiary/aromatic N) is 3. The average Bonchev–Trinajstić information content (AvgIpc) is 2.96. The van der Waals surface area contributed by atoms with Crippen LogP contribution in [0.4, 0.5) is 0 Å². The first-order valence-corrected chi connectivity index (χ1v) is 6.30. The van der Waals surface area contributed by atoms with Gasteiger partial charge in [0, 0.05) is 30.9 Å². The van der Waals surface area contributed by atoms with Crippen molar-refractivity contribution in [2.24, 2.45) is 0 Å². The van der Waals surface area contributed by atoms with E-state index in [1.54, 1.807) is 0 Å². The third-order valence-corrected chi connectivity index (χ3v) is 3.50. The van der Waals surface area contributed by atoms with Crippen molar-refractivity contribution in [1.82, 2.24) is 19.9 Å². The van der Waals surface area contributed by atoms with Crippen molar-refractivity contribution >= 4 is 5.65 Å². The third-order valence-electron chi connectivity index (χ3n) is 3.50. The zero-order valence-electron chi connectivity index (χ0n) is 10.3. The Balaban J connectivity index is 2.00. The van der Waals surface area contributed by atoms with Gasteiger partial charge in [-0.15, -0.1) is 0 Å². The van der Waals surface area contributed by atoms with Gasteiger partial charge in [0.1, 0.15) is 0 Å². The van der Waals surface area contributed by atoms with Crippen LogP contribution in [0.5, 0.6) is 0 Å². The SMILES string of the molecule is CC(C)c1cnc2cc(C3CCNC3)nn2c1. The van der Waals surface area contributed by atoms with Crippen LogP contribution in [0.3, 0.4) is 0 Å². The number of hydrogen-bond acceptors (Lipinski definition) is 3.